The smallest absolute Gasteiger partial charge is 0.123 e. The van der Waals surface area contributed by atoms with Gasteiger partial charge in [-0.15, -0.1) is 0 Å². The van der Waals surface area contributed by atoms with Crippen LogP contribution in [0.3, 0.4) is 0 Å². The molecule has 0 aromatic heterocycles. The number of rotatable bonds is 4. The minimum Gasteiger partial charge on any atom is -0.327 e. The molecule has 1 aromatic rings. The fraction of sp³-hybridized carbons (Fsp3) is 0.625. The lowest BCUT2D eigenvalue weighted by Gasteiger charge is -2.20. The summed E-state index contributed by atoms with van der Waals surface area (Å²) in [6.07, 6.45) is 6.03. The van der Waals surface area contributed by atoms with Gasteiger partial charge in [0.25, 0.3) is 0 Å². The van der Waals surface area contributed by atoms with Crippen molar-refractivity contribution in [2.75, 3.05) is 0 Å². The molecular weight excluding hydrogens is 225 g/mol. The van der Waals surface area contributed by atoms with Gasteiger partial charge in [-0.05, 0) is 61.3 Å². The summed E-state index contributed by atoms with van der Waals surface area (Å²) in [7, 11) is 0. The molecule has 2 rings (SSSR count). The Bertz CT molecular complexity index is 402. The molecule has 1 fully saturated rings. The van der Waals surface area contributed by atoms with E-state index in [2.05, 4.69) is 6.92 Å². The highest BCUT2D eigenvalue weighted by atomic mass is 19.1. The Kier molecular flexibility index (Phi) is 4.39. The van der Waals surface area contributed by atoms with Crippen molar-refractivity contribution in [3.8, 4) is 0 Å². The molecular formula is C16H24FN. The third kappa shape index (κ3) is 3.11. The first kappa shape index (κ1) is 13.5. The Morgan fingerprint density at radius 1 is 1.39 bits per heavy atom. The Hall–Kier alpha value is -0.890. The molecule has 1 aliphatic carbocycles. The number of hydrogen-bond acceptors (Lipinski definition) is 1. The molecule has 0 heterocycles. The van der Waals surface area contributed by atoms with E-state index in [1.54, 1.807) is 12.1 Å². The van der Waals surface area contributed by atoms with Crippen LogP contribution in [0, 0.1) is 24.6 Å². The molecule has 0 aliphatic heterocycles. The maximum atomic E-state index is 13.1. The molecule has 1 saturated carbocycles. The number of nitrogens with two attached hydrogens (primary N) is 1. The van der Waals surface area contributed by atoms with Gasteiger partial charge in [0.05, 0.1) is 0 Å². The molecule has 0 bridgehead atoms. The van der Waals surface area contributed by atoms with E-state index in [1.165, 1.54) is 31.2 Å². The van der Waals surface area contributed by atoms with Crippen LogP contribution in [0.1, 0.15) is 43.7 Å². The summed E-state index contributed by atoms with van der Waals surface area (Å²) in [5.41, 5.74) is 8.56. The van der Waals surface area contributed by atoms with Gasteiger partial charge in [-0.3, -0.25) is 0 Å². The molecule has 2 N–H and O–H groups in total. The Balaban J connectivity index is 1.97. The highest BCUT2D eigenvalue weighted by Gasteiger charge is 2.28. The van der Waals surface area contributed by atoms with Crippen molar-refractivity contribution >= 4 is 0 Å². The standard InChI is InChI=1S/C16H24FN/c1-3-12-4-5-14(9-12)16(18)10-13-6-7-15(17)8-11(13)2/h6-8,12,14,16H,3-5,9-10,18H2,1-2H3. The molecule has 18 heavy (non-hydrogen) atoms. The quantitative estimate of drug-likeness (QED) is 0.862. The van der Waals surface area contributed by atoms with Gasteiger partial charge < -0.3 is 5.73 Å². The molecule has 0 saturated heterocycles. The van der Waals surface area contributed by atoms with E-state index in [9.17, 15) is 4.39 Å². The lowest BCUT2D eigenvalue weighted by atomic mass is 9.90. The molecule has 3 atom stereocenters. The summed E-state index contributed by atoms with van der Waals surface area (Å²) in [5, 5.41) is 0. The van der Waals surface area contributed by atoms with E-state index in [0.29, 0.717) is 5.92 Å². The van der Waals surface area contributed by atoms with Crippen LogP contribution in [-0.4, -0.2) is 6.04 Å². The van der Waals surface area contributed by atoms with Gasteiger partial charge in [0.15, 0.2) is 0 Å². The van der Waals surface area contributed by atoms with Gasteiger partial charge in [0.1, 0.15) is 5.82 Å². The van der Waals surface area contributed by atoms with Gasteiger partial charge in [-0.1, -0.05) is 25.8 Å². The number of halogens is 1. The monoisotopic (exact) mass is 249 g/mol. The van der Waals surface area contributed by atoms with Crippen molar-refractivity contribution in [1.29, 1.82) is 0 Å². The van der Waals surface area contributed by atoms with E-state index >= 15 is 0 Å². The third-order valence-corrected chi connectivity index (χ3v) is 4.52. The average Bonchev–Trinajstić information content (AvgIpc) is 2.81. The second-order valence-corrected chi connectivity index (χ2v) is 5.79. The van der Waals surface area contributed by atoms with E-state index in [-0.39, 0.29) is 11.9 Å². The van der Waals surface area contributed by atoms with Gasteiger partial charge in [0, 0.05) is 6.04 Å². The van der Waals surface area contributed by atoms with Crippen LogP contribution in [0.2, 0.25) is 0 Å². The SMILES string of the molecule is CCC1CCC(C(N)Cc2ccc(F)cc2C)C1. The van der Waals surface area contributed by atoms with Crippen LogP contribution in [0.25, 0.3) is 0 Å². The minimum atomic E-state index is -0.156. The Labute approximate surface area is 110 Å². The summed E-state index contributed by atoms with van der Waals surface area (Å²) < 4.78 is 13.1. The molecule has 3 unspecified atom stereocenters. The van der Waals surface area contributed by atoms with Crippen LogP contribution in [-0.2, 0) is 6.42 Å². The van der Waals surface area contributed by atoms with E-state index in [4.69, 9.17) is 5.73 Å². The molecule has 100 valence electrons. The minimum absolute atomic E-state index is 0.156. The Morgan fingerprint density at radius 2 is 2.17 bits per heavy atom. The molecule has 0 radical (unpaired) electrons. The molecule has 1 nitrogen and oxygen atoms in total. The molecule has 2 heteroatoms. The van der Waals surface area contributed by atoms with Crippen molar-refractivity contribution in [1.82, 2.24) is 0 Å². The summed E-state index contributed by atoms with van der Waals surface area (Å²) in [6, 6.07) is 5.26. The lowest BCUT2D eigenvalue weighted by molar-refractivity contribution is 0.404. The summed E-state index contributed by atoms with van der Waals surface area (Å²) >= 11 is 0. The number of hydrogen-bond donors (Lipinski definition) is 1. The number of benzene rings is 1. The zero-order valence-corrected chi connectivity index (χ0v) is 11.5. The van der Waals surface area contributed by atoms with Crippen LogP contribution >= 0.6 is 0 Å². The van der Waals surface area contributed by atoms with Crippen LogP contribution < -0.4 is 5.73 Å². The fourth-order valence-electron chi connectivity index (χ4n) is 3.18. The topological polar surface area (TPSA) is 26.0 Å². The van der Waals surface area contributed by atoms with Crippen LogP contribution in [0.15, 0.2) is 18.2 Å². The first-order chi connectivity index (χ1) is 8.60. The lowest BCUT2D eigenvalue weighted by Crippen LogP contribution is -2.31. The van der Waals surface area contributed by atoms with Crippen molar-refractivity contribution in [3.05, 3.63) is 35.1 Å². The molecule has 1 aromatic carbocycles. The van der Waals surface area contributed by atoms with Crippen LogP contribution in [0.5, 0.6) is 0 Å². The molecule has 1 aliphatic rings. The first-order valence-corrected chi connectivity index (χ1v) is 7.10. The normalized spacial score (nSPS) is 25.3. The maximum absolute atomic E-state index is 13.1. The molecule has 0 spiro atoms. The number of aryl methyl sites for hydroxylation is 1. The largest absolute Gasteiger partial charge is 0.327 e. The fourth-order valence-corrected chi connectivity index (χ4v) is 3.18. The highest BCUT2D eigenvalue weighted by Crippen LogP contribution is 2.35. The molecule has 0 amide bonds. The van der Waals surface area contributed by atoms with Crippen molar-refractivity contribution in [3.63, 3.8) is 0 Å². The summed E-state index contributed by atoms with van der Waals surface area (Å²) in [5.74, 6) is 1.37. The second-order valence-electron chi connectivity index (χ2n) is 5.79. The van der Waals surface area contributed by atoms with Gasteiger partial charge >= 0.3 is 0 Å². The highest BCUT2D eigenvalue weighted by molar-refractivity contribution is 5.27. The Morgan fingerprint density at radius 3 is 2.78 bits per heavy atom. The first-order valence-electron chi connectivity index (χ1n) is 7.10. The van der Waals surface area contributed by atoms with Crippen molar-refractivity contribution < 1.29 is 4.39 Å². The van der Waals surface area contributed by atoms with E-state index in [0.717, 1.165) is 17.9 Å². The summed E-state index contributed by atoms with van der Waals surface area (Å²) in [4.78, 5) is 0. The van der Waals surface area contributed by atoms with Gasteiger partial charge in [-0.2, -0.15) is 0 Å². The van der Waals surface area contributed by atoms with Gasteiger partial charge in [0.2, 0.25) is 0 Å². The third-order valence-electron chi connectivity index (χ3n) is 4.52. The summed E-state index contributed by atoms with van der Waals surface area (Å²) in [6.45, 7) is 4.23. The predicted molar refractivity (Wildman–Crippen MR) is 73.9 cm³/mol. The zero-order chi connectivity index (χ0) is 13.1. The van der Waals surface area contributed by atoms with E-state index < -0.39 is 0 Å². The van der Waals surface area contributed by atoms with Crippen LogP contribution in [0.4, 0.5) is 4.39 Å². The maximum Gasteiger partial charge on any atom is 0.123 e. The van der Waals surface area contributed by atoms with Crippen molar-refractivity contribution in [2.24, 2.45) is 17.6 Å². The average molecular weight is 249 g/mol. The van der Waals surface area contributed by atoms with Crippen molar-refractivity contribution in [2.45, 2.75) is 52.0 Å². The second kappa shape index (κ2) is 5.83. The predicted octanol–water partition coefficient (Wildman–Crippen LogP) is 3.83. The zero-order valence-electron chi connectivity index (χ0n) is 11.5. The van der Waals surface area contributed by atoms with E-state index in [1.807, 2.05) is 13.0 Å². The van der Waals surface area contributed by atoms with Gasteiger partial charge in [-0.25, -0.2) is 4.39 Å².